The lowest BCUT2D eigenvalue weighted by Gasteiger charge is -2.08. The Labute approximate surface area is 78.6 Å². The van der Waals surface area contributed by atoms with Crippen molar-refractivity contribution >= 4 is 12.9 Å². The van der Waals surface area contributed by atoms with Crippen LogP contribution in [0.3, 0.4) is 0 Å². The molecular weight excluding hydrogens is 196 g/mol. The molecule has 73 valence electrons. The normalized spacial score (nSPS) is 20.4. The molecule has 1 aromatic rings. The molecular formula is C8H5BF3O2. The molecule has 0 aromatic heterocycles. The van der Waals surface area contributed by atoms with Crippen molar-refractivity contribution in [1.29, 1.82) is 0 Å². The third kappa shape index (κ3) is 1.51. The fourth-order valence-corrected chi connectivity index (χ4v) is 1.29. The Hall–Kier alpha value is -1.01. The SMILES string of the molecule is OC1O[B]c2cc(C(F)(F)F)ccc21. The fraction of sp³-hybridized carbons (Fsp3) is 0.250. The number of hydrogen-bond donors (Lipinski definition) is 1. The maximum absolute atomic E-state index is 12.2. The quantitative estimate of drug-likeness (QED) is 0.633. The molecule has 0 amide bonds. The molecule has 6 heteroatoms. The summed E-state index contributed by atoms with van der Waals surface area (Å²) in [7, 11) is 1.12. The Morgan fingerprint density at radius 2 is 2.07 bits per heavy atom. The molecule has 0 spiro atoms. The Bertz CT molecular complexity index is 364. The first-order valence-electron chi connectivity index (χ1n) is 3.86. The molecule has 1 unspecified atom stereocenters. The van der Waals surface area contributed by atoms with E-state index in [-0.39, 0.29) is 5.46 Å². The summed E-state index contributed by atoms with van der Waals surface area (Å²) in [6.07, 6.45) is -5.51. The summed E-state index contributed by atoms with van der Waals surface area (Å²) in [5, 5.41) is 9.14. The highest BCUT2D eigenvalue weighted by Gasteiger charge is 2.33. The minimum absolute atomic E-state index is 0.271. The van der Waals surface area contributed by atoms with E-state index in [1.54, 1.807) is 0 Å². The van der Waals surface area contributed by atoms with E-state index in [0.717, 1.165) is 19.6 Å². The number of rotatable bonds is 0. The van der Waals surface area contributed by atoms with E-state index in [2.05, 4.69) is 4.65 Å². The van der Waals surface area contributed by atoms with E-state index in [1.807, 2.05) is 0 Å². The van der Waals surface area contributed by atoms with Gasteiger partial charge in [-0.3, -0.25) is 0 Å². The predicted molar refractivity (Wildman–Crippen MR) is 42.9 cm³/mol. The summed E-state index contributed by atoms with van der Waals surface area (Å²) in [5.74, 6) is 0. The molecule has 2 nitrogen and oxygen atoms in total. The van der Waals surface area contributed by atoms with Crippen molar-refractivity contribution in [2.24, 2.45) is 0 Å². The molecule has 1 radical (unpaired) electrons. The number of aliphatic hydroxyl groups excluding tert-OH is 1. The van der Waals surface area contributed by atoms with Gasteiger partial charge in [-0.05, 0) is 11.5 Å². The van der Waals surface area contributed by atoms with Gasteiger partial charge < -0.3 is 9.76 Å². The number of hydrogen-bond acceptors (Lipinski definition) is 2. The zero-order valence-electron chi connectivity index (χ0n) is 6.88. The van der Waals surface area contributed by atoms with E-state index < -0.39 is 18.0 Å². The van der Waals surface area contributed by atoms with E-state index in [1.165, 1.54) is 6.07 Å². The lowest BCUT2D eigenvalue weighted by Crippen LogP contribution is -2.16. The Morgan fingerprint density at radius 1 is 1.36 bits per heavy atom. The summed E-state index contributed by atoms with van der Waals surface area (Å²) < 4.78 is 41.4. The van der Waals surface area contributed by atoms with Gasteiger partial charge in [0.25, 0.3) is 0 Å². The lowest BCUT2D eigenvalue weighted by atomic mass is 9.86. The lowest BCUT2D eigenvalue weighted by molar-refractivity contribution is -0.137. The zero-order valence-corrected chi connectivity index (χ0v) is 6.88. The minimum atomic E-state index is -4.36. The van der Waals surface area contributed by atoms with Crippen LogP contribution in [0, 0.1) is 0 Å². The van der Waals surface area contributed by atoms with Crippen LogP contribution in [0.2, 0.25) is 0 Å². The van der Waals surface area contributed by atoms with Crippen molar-refractivity contribution in [2.75, 3.05) is 0 Å². The topological polar surface area (TPSA) is 29.5 Å². The van der Waals surface area contributed by atoms with E-state index in [0.29, 0.717) is 5.56 Å². The van der Waals surface area contributed by atoms with Crippen LogP contribution in [0.4, 0.5) is 13.2 Å². The van der Waals surface area contributed by atoms with Gasteiger partial charge in [0.1, 0.15) is 0 Å². The average molecular weight is 201 g/mol. The van der Waals surface area contributed by atoms with Gasteiger partial charge in [0.2, 0.25) is 0 Å². The van der Waals surface area contributed by atoms with Gasteiger partial charge in [-0.1, -0.05) is 12.1 Å². The molecule has 1 aliphatic heterocycles. The molecule has 0 fully saturated rings. The molecule has 1 aliphatic rings. The van der Waals surface area contributed by atoms with E-state index in [9.17, 15) is 13.2 Å². The Balaban J connectivity index is 2.42. The van der Waals surface area contributed by atoms with Gasteiger partial charge in [-0.2, -0.15) is 13.2 Å². The van der Waals surface area contributed by atoms with E-state index >= 15 is 0 Å². The third-order valence-electron chi connectivity index (χ3n) is 2.00. The first kappa shape index (κ1) is 9.55. The largest absolute Gasteiger partial charge is 0.416 e. The number of alkyl halides is 3. The second-order valence-corrected chi connectivity index (χ2v) is 2.95. The second-order valence-electron chi connectivity index (χ2n) is 2.95. The highest BCUT2D eigenvalue weighted by Crippen LogP contribution is 2.30. The predicted octanol–water partition coefficient (Wildman–Crippen LogP) is 0.971. The number of benzene rings is 1. The monoisotopic (exact) mass is 201 g/mol. The van der Waals surface area contributed by atoms with Crippen molar-refractivity contribution < 1.29 is 22.9 Å². The molecule has 0 saturated heterocycles. The van der Waals surface area contributed by atoms with Crippen LogP contribution in [0.15, 0.2) is 18.2 Å². The van der Waals surface area contributed by atoms with Crippen LogP contribution in [0.5, 0.6) is 0 Å². The van der Waals surface area contributed by atoms with Gasteiger partial charge in [0.15, 0.2) is 6.29 Å². The Morgan fingerprint density at radius 3 is 2.71 bits per heavy atom. The number of halogens is 3. The third-order valence-corrected chi connectivity index (χ3v) is 2.00. The Kier molecular flexibility index (Phi) is 2.04. The molecule has 0 bridgehead atoms. The van der Waals surface area contributed by atoms with Crippen LogP contribution in [0.1, 0.15) is 17.4 Å². The van der Waals surface area contributed by atoms with Gasteiger partial charge in [-0.25, -0.2) is 0 Å². The van der Waals surface area contributed by atoms with Crippen LogP contribution in [-0.2, 0) is 10.8 Å². The maximum Gasteiger partial charge on any atom is 0.416 e. The minimum Gasteiger partial charge on any atom is -0.407 e. The number of aliphatic hydroxyl groups is 1. The summed E-state index contributed by atoms with van der Waals surface area (Å²) in [6, 6.07) is 3.09. The summed E-state index contributed by atoms with van der Waals surface area (Å²) in [4.78, 5) is 0. The molecule has 1 aromatic carbocycles. The first-order valence-corrected chi connectivity index (χ1v) is 3.86. The van der Waals surface area contributed by atoms with E-state index in [4.69, 9.17) is 5.11 Å². The van der Waals surface area contributed by atoms with Gasteiger partial charge >= 0.3 is 13.7 Å². The highest BCUT2D eigenvalue weighted by molar-refractivity contribution is 6.49. The van der Waals surface area contributed by atoms with Crippen LogP contribution >= 0.6 is 0 Å². The maximum atomic E-state index is 12.2. The average Bonchev–Trinajstić information content (AvgIpc) is 2.46. The second kappa shape index (κ2) is 3.00. The van der Waals surface area contributed by atoms with Crippen LogP contribution < -0.4 is 5.46 Å². The molecule has 1 atom stereocenters. The smallest absolute Gasteiger partial charge is 0.407 e. The molecule has 0 saturated carbocycles. The van der Waals surface area contributed by atoms with Crippen LogP contribution in [-0.4, -0.2) is 12.6 Å². The summed E-state index contributed by atoms with van der Waals surface area (Å²) >= 11 is 0. The van der Waals surface area contributed by atoms with Gasteiger partial charge in [0, 0.05) is 5.56 Å². The van der Waals surface area contributed by atoms with Crippen molar-refractivity contribution in [3.8, 4) is 0 Å². The molecule has 1 N–H and O–H groups in total. The van der Waals surface area contributed by atoms with Crippen molar-refractivity contribution in [3.05, 3.63) is 29.3 Å². The van der Waals surface area contributed by atoms with Gasteiger partial charge in [0.05, 0.1) is 5.56 Å². The van der Waals surface area contributed by atoms with Crippen molar-refractivity contribution in [1.82, 2.24) is 0 Å². The number of fused-ring (bicyclic) bond motifs is 1. The summed E-state index contributed by atoms with van der Waals surface area (Å²) in [5.41, 5.74) is -0.115. The molecule has 2 rings (SSSR count). The molecule has 0 aliphatic carbocycles. The summed E-state index contributed by atoms with van der Waals surface area (Å²) in [6.45, 7) is 0. The van der Waals surface area contributed by atoms with Gasteiger partial charge in [-0.15, -0.1) is 0 Å². The van der Waals surface area contributed by atoms with Crippen LogP contribution in [0.25, 0.3) is 0 Å². The van der Waals surface area contributed by atoms with Crippen molar-refractivity contribution in [3.63, 3.8) is 0 Å². The standard InChI is InChI=1S/C8H5BF3O2/c10-8(11,12)4-1-2-5-6(3-4)9-14-7(5)13/h1-3,7,13H. The van der Waals surface area contributed by atoms with Crippen molar-refractivity contribution in [2.45, 2.75) is 12.5 Å². The molecule has 14 heavy (non-hydrogen) atoms. The first-order chi connectivity index (χ1) is 6.48. The zero-order chi connectivity index (χ0) is 10.3. The fourth-order valence-electron chi connectivity index (χ4n) is 1.29. The highest BCUT2D eigenvalue weighted by atomic mass is 19.4. The molecule has 1 heterocycles.